The summed E-state index contributed by atoms with van der Waals surface area (Å²) in [7, 11) is -3.45. The van der Waals surface area contributed by atoms with Crippen LogP contribution in [0.2, 0.25) is 0 Å². The van der Waals surface area contributed by atoms with Crippen molar-refractivity contribution < 1.29 is 23.1 Å². The predicted octanol–water partition coefficient (Wildman–Crippen LogP) is 1.75. The van der Waals surface area contributed by atoms with Gasteiger partial charge in [-0.1, -0.05) is 19.1 Å². The number of hydrogen-bond donors (Lipinski definition) is 1. The first kappa shape index (κ1) is 17.9. The summed E-state index contributed by atoms with van der Waals surface area (Å²) in [6, 6.07) is 7.07. The van der Waals surface area contributed by atoms with Gasteiger partial charge in [0, 0.05) is 13.1 Å². The molecule has 6 nitrogen and oxygen atoms in total. The molecule has 7 heteroatoms. The molecule has 1 N–H and O–H groups in total. The van der Waals surface area contributed by atoms with Crippen LogP contribution < -0.4 is 0 Å². The van der Waals surface area contributed by atoms with Gasteiger partial charge >= 0.3 is 5.97 Å². The van der Waals surface area contributed by atoms with E-state index in [1.807, 2.05) is 13.0 Å². The molecule has 23 heavy (non-hydrogen) atoms. The average molecular weight is 341 g/mol. The lowest BCUT2D eigenvalue weighted by Crippen LogP contribution is -2.39. The van der Waals surface area contributed by atoms with Crippen LogP contribution in [0.25, 0.3) is 0 Å². The van der Waals surface area contributed by atoms with Gasteiger partial charge in [0.15, 0.2) is 0 Å². The second-order valence-corrected chi connectivity index (χ2v) is 7.70. The van der Waals surface area contributed by atoms with Crippen LogP contribution in [0.3, 0.4) is 0 Å². The fourth-order valence-electron chi connectivity index (χ4n) is 2.70. The Morgan fingerprint density at radius 1 is 1.35 bits per heavy atom. The monoisotopic (exact) mass is 341 g/mol. The van der Waals surface area contributed by atoms with Gasteiger partial charge in [-0.15, -0.1) is 0 Å². The first-order valence-corrected chi connectivity index (χ1v) is 9.26. The maximum atomic E-state index is 12.7. The molecule has 0 atom stereocenters. The smallest absolute Gasteiger partial charge is 0.329 e. The number of carboxylic acid groups (broad SMARTS) is 1. The highest BCUT2D eigenvalue weighted by molar-refractivity contribution is 7.89. The summed E-state index contributed by atoms with van der Waals surface area (Å²) in [5.41, 5.74) is 1.00. The Labute approximate surface area is 137 Å². The zero-order valence-electron chi connectivity index (χ0n) is 13.3. The van der Waals surface area contributed by atoms with Crippen LogP contribution in [-0.2, 0) is 26.0 Å². The highest BCUT2D eigenvalue weighted by Crippen LogP contribution is 2.24. The number of aliphatic carboxylic acids is 1. The van der Waals surface area contributed by atoms with Crippen molar-refractivity contribution in [1.82, 2.24) is 4.31 Å². The van der Waals surface area contributed by atoms with Gasteiger partial charge in [-0.2, -0.15) is 4.31 Å². The molecule has 0 aromatic heterocycles. The van der Waals surface area contributed by atoms with Gasteiger partial charge in [0.2, 0.25) is 10.0 Å². The Bertz CT molecular complexity index is 636. The third kappa shape index (κ3) is 4.76. The van der Waals surface area contributed by atoms with Gasteiger partial charge in [0.1, 0.15) is 6.61 Å². The minimum absolute atomic E-state index is 0.211. The second kappa shape index (κ2) is 7.90. The van der Waals surface area contributed by atoms with E-state index in [1.54, 1.807) is 18.2 Å². The lowest BCUT2D eigenvalue weighted by molar-refractivity contribution is -0.142. The van der Waals surface area contributed by atoms with Gasteiger partial charge in [-0.3, -0.25) is 0 Å². The maximum absolute atomic E-state index is 12.7. The van der Waals surface area contributed by atoms with E-state index >= 15 is 0 Å². The molecule has 1 heterocycles. The lowest BCUT2D eigenvalue weighted by atomic mass is 9.99. The van der Waals surface area contributed by atoms with Crippen LogP contribution >= 0.6 is 0 Å². The van der Waals surface area contributed by atoms with E-state index in [0.717, 1.165) is 12.0 Å². The van der Waals surface area contributed by atoms with Crippen molar-refractivity contribution >= 4 is 16.0 Å². The van der Waals surface area contributed by atoms with Gasteiger partial charge in [0.05, 0.1) is 11.5 Å². The van der Waals surface area contributed by atoms with Crippen LogP contribution in [0.4, 0.5) is 0 Å². The van der Waals surface area contributed by atoms with E-state index in [-0.39, 0.29) is 12.5 Å². The summed E-state index contributed by atoms with van der Waals surface area (Å²) >= 11 is 0. The van der Waals surface area contributed by atoms with Crippen molar-refractivity contribution in [1.29, 1.82) is 0 Å². The molecular weight excluding hydrogens is 318 g/mol. The van der Waals surface area contributed by atoms with Crippen molar-refractivity contribution in [3.05, 3.63) is 29.8 Å². The standard InChI is InChI=1S/C16H23NO5S/c1-2-13-4-3-5-15(10-13)23(20,21)17-8-6-14(7-9-17)11-22-12-16(18)19/h3-5,10,14H,2,6-9,11-12H2,1H3,(H,18,19). The number of carbonyl (C=O) groups is 1. The zero-order chi connectivity index (χ0) is 16.9. The summed E-state index contributed by atoms with van der Waals surface area (Å²) in [6.07, 6.45) is 2.17. The minimum atomic E-state index is -3.45. The van der Waals surface area contributed by atoms with Crippen LogP contribution in [0.1, 0.15) is 25.3 Å². The van der Waals surface area contributed by atoms with Gasteiger partial charge in [-0.25, -0.2) is 13.2 Å². The molecule has 0 spiro atoms. The normalized spacial score (nSPS) is 17.3. The molecule has 0 radical (unpaired) electrons. The summed E-state index contributed by atoms with van der Waals surface area (Å²) in [5, 5.41) is 8.55. The van der Waals surface area contributed by atoms with Gasteiger partial charge in [-0.05, 0) is 42.9 Å². The Hall–Kier alpha value is -1.44. The summed E-state index contributed by atoms with van der Waals surface area (Å²) in [5.74, 6) is -0.774. The molecule has 128 valence electrons. The molecule has 1 aromatic carbocycles. The van der Waals surface area contributed by atoms with Crippen LogP contribution in [-0.4, -0.2) is 50.1 Å². The molecule has 0 aliphatic carbocycles. The van der Waals surface area contributed by atoms with E-state index in [9.17, 15) is 13.2 Å². The number of benzene rings is 1. The second-order valence-electron chi connectivity index (χ2n) is 5.76. The molecule has 1 fully saturated rings. The molecule has 1 saturated heterocycles. The van der Waals surface area contributed by atoms with E-state index in [2.05, 4.69) is 0 Å². The fourth-order valence-corrected chi connectivity index (χ4v) is 4.24. The molecule has 0 saturated carbocycles. The van der Waals surface area contributed by atoms with E-state index in [4.69, 9.17) is 9.84 Å². The number of hydrogen-bond acceptors (Lipinski definition) is 4. The third-order valence-electron chi connectivity index (χ3n) is 4.10. The number of nitrogens with zero attached hydrogens (tertiary/aromatic N) is 1. The molecule has 0 unspecified atom stereocenters. The summed E-state index contributed by atoms with van der Waals surface area (Å²) in [4.78, 5) is 10.8. The fraction of sp³-hybridized carbons (Fsp3) is 0.562. The van der Waals surface area contributed by atoms with Crippen molar-refractivity contribution in [2.45, 2.75) is 31.1 Å². The Kier molecular flexibility index (Phi) is 6.15. The zero-order valence-corrected chi connectivity index (χ0v) is 14.1. The number of ether oxygens (including phenoxy) is 1. The Morgan fingerprint density at radius 3 is 2.65 bits per heavy atom. The molecule has 0 bridgehead atoms. The average Bonchev–Trinajstić information content (AvgIpc) is 2.55. The van der Waals surface area contributed by atoms with Crippen molar-refractivity contribution in [3.63, 3.8) is 0 Å². The Morgan fingerprint density at radius 2 is 2.04 bits per heavy atom. The number of aryl methyl sites for hydroxylation is 1. The minimum Gasteiger partial charge on any atom is -0.480 e. The van der Waals surface area contributed by atoms with E-state index in [0.29, 0.717) is 37.4 Å². The van der Waals surface area contributed by atoms with Crippen molar-refractivity contribution in [2.75, 3.05) is 26.3 Å². The van der Waals surface area contributed by atoms with Crippen LogP contribution in [0, 0.1) is 5.92 Å². The van der Waals surface area contributed by atoms with Crippen LogP contribution in [0.5, 0.6) is 0 Å². The molecule has 2 rings (SSSR count). The molecule has 1 aliphatic rings. The van der Waals surface area contributed by atoms with E-state index < -0.39 is 16.0 Å². The Balaban J connectivity index is 1.94. The molecule has 1 aliphatic heterocycles. The highest BCUT2D eigenvalue weighted by Gasteiger charge is 2.29. The third-order valence-corrected chi connectivity index (χ3v) is 5.99. The topological polar surface area (TPSA) is 83.9 Å². The van der Waals surface area contributed by atoms with Gasteiger partial charge in [0.25, 0.3) is 0 Å². The SMILES string of the molecule is CCc1cccc(S(=O)(=O)N2CCC(COCC(=O)O)CC2)c1. The number of piperidine rings is 1. The van der Waals surface area contributed by atoms with Crippen LogP contribution in [0.15, 0.2) is 29.2 Å². The number of rotatable bonds is 7. The number of carboxylic acids is 1. The number of sulfonamides is 1. The summed E-state index contributed by atoms with van der Waals surface area (Å²) in [6.45, 7) is 2.95. The molecular formula is C16H23NO5S. The van der Waals surface area contributed by atoms with Gasteiger partial charge < -0.3 is 9.84 Å². The van der Waals surface area contributed by atoms with Crippen molar-refractivity contribution in [3.8, 4) is 0 Å². The maximum Gasteiger partial charge on any atom is 0.329 e. The first-order chi connectivity index (χ1) is 10.9. The van der Waals surface area contributed by atoms with Crippen molar-refractivity contribution in [2.24, 2.45) is 5.92 Å². The summed E-state index contributed by atoms with van der Waals surface area (Å²) < 4.78 is 32.0. The largest absolute Gasteiger partial charge is 0.480 e. The highest BCUT2D eigenvalue weighted by atomic mass is 32.2. The molecule has 0 amide bonds. The predicted molar refractivity (Wildman–Crippen MR) is 85.8 cm³/mol. The first-order valence-electron chi connectivity index (χ1n) is 7.82. The lowest BCUT2D eigenvalue weighted by Gasteiger charge is -2.31. The quantitative estimate of drug-likeness (QED) is 0.817. The molecule has 1 aromatic rings. The van der Waals surface area contributed by atoms with E-state index in [1.165, 1.54) is 4.31 Å².